The van der Waals surface area contributed by atoms with Gasteiger partial charge in [-0.15, -0.1) is 0 Å². The van der Waals surface area contributed by atoms with Crippen LogP contribution in [-0.4, -0.2) is 23.2 Å². The number of nitrogens with zero attached hydrogens (tertiary/aromatic N) is 2. The third kappa shape index (κ3) is 9.12. The highest BCUT2D eigenvalue weighted by atomic mass is 19.1. The molecule has 0 saturated carbocycles. The maximum Gasteiger partial charge on any atom is 0.224 e. The van der Waals surface area contributed by atoms with E-state index in [4.69, 9.17) is 9.47 Å². The zero-order valence-corrected chi connectivity index (χ0v) is 21.5. The van der Waals surface area contributed by atoms with Crippen LogP contribution in [0.2, 0.25) is 0 Å². The Morgan fingerprint density at radius 2 is 1.37 bits per heavy atom. The van der Waals surface area contributed by atoms with Gasteiger partial charge in [0.25, 0.3) is 0 Å². The van der Waals surface area contributed by atoms with Crippen LogP contribution in [0.15, 0.2) is 42.6 Å². The Morgan fingerprint density at radius 1 is 0.714 bits per heavy atom. The van der Waals surface area contributed by atoms with Gasteiger partial charge in [-0.1, -0.05) is 90.2 Å². The summed E-state index contributed by atoms with van der Waals surface area (Å²) in [6, 6.07) is 11.3. The molecule has 0 amide bonds. The lowest BCUT2D eigenvalue weighted by molar-refractivity contribution is 0.290. The molecule has 0 bridgehead atoms. The Labute approximate surface area is 210 Å². The SMILES string of the molecule is CCCCCCCCOc1ccc(-c2ccc3cc(OCCCCCCCC)nc(F)c3c2)nc1. The number of fused-ring (bicyclic) bond motifs is 1. The molecule has 2 heterocycles. The molecule has 190 valence electrons. The van der Waals surface area contributed by atoms with Crippen LogP contribution in [0.3, 0.4) is 0 Å². The van der Waals surface area contributed by atoms with Gasteiger partial charge in [-0.05, 0) is 36.4 Å². The lowest BCUT2D eigenvalue weighted by atomic mass is 10.1. The molecule has 0 N–H and O–H groups in total. The first-order valence-corrected chi connectivity index (χ1v) is 13.5. The maximum atomic E-state index is 14.8. The molecule has 0 aliphatic heterocycles. The Kier molecular flexibility index (Phi) is 11.8. The maximum absolute atomic E-state index is 14.8. The molecular formula is C30H41FN2O2. The molecule has 0 saturated heterocycles. The molecule has 2 aromatic heterocycles. The predicted molar refractivity (Wildman–Crippen MR) is 143 cm³/mol. The zero-order valence-electron chi connectivity index (χ0n) is 21.5. The molecule has 35 heavy (non-hydrogen) atoms. The minimum absolute atomic E-state index is 0.348. The van der Waals surface area contributed by atoms with Gasteiger partial charge >= 0.3 is 0 Å². The first-order valence-electron chi connectivity index (χ1n) is 13.5. The monoisotopic (exact) mass is 480 g/mol. The Morgan fingerprint density at radius 3 is 2.03 bits per heavy atom. The van der Waals surface area contributed by atoms with Crippen LogP contribution in [0.4, 0.5) is 4.39 Å². The van der Waals surface area contributed by atoms with Gasteiger partial charge in [-0.2, -0.15) is 9.37 Å². The molecule has 0 aliphatic carbocycles. The minimum atomic E-state index is -0.513. The fourth-order valence-electron chi connectivity index (χ4n) is 4.18. The lowest BCUT2D eigenvalue weighted by Gasteiger charge is -2.09. The summed E-state index contributed by atoms with van der Waals surface area (Å²) in [4.78, 5) is 8.56. The number of ether oxygens (including phenoxy) is 2. The Balaban J connectivity index is 1.51. The van der Waals surface area contributed by atoms with E-state index >= 15 is 0 Å². The highest BCUT2D eigenvalue weighted by Gasteiger charge is 2.10. The number of benzene rings is 1. The van der Waals surface area contributed by atoms with E-state index in [0.29, 0.717) is 24.5 Å². The molecule has 5 heteroatoms. The van der Waals surface area contributed by atoms with E-state index in [9.17, 15) is 4.39 Å². The summed E-state index contributed by atoms with van der Waals surface area (Å²) in [5.41, 5.74) is 1.63. The quantitative estimate of drug-likeness (QED) is 0.143. The molecule has 0 fully saturated rings. The van der Waals surface area contributed by atoms with Crippen LogP contribution in [0, 0.1) is 5.95 Å². The zero-order chi connectivity index (χ0) is 24.7. The van der Waals surface area contributed by atoms with Gasteiger partial charge in [0.05, 0.1) is 25.1 Å². The summed E-state index contributed by atoms with van der Waals surface area (Å²) in [5.74, 6) is 0.602. The number of halogens is 1. The van der Waals surface area contributed by atoms with E-state index in [1.807, 2.05) is 30.3 Å². The normalized spacial score (nSPS) is 11.2. The predicted octanol–water partition coefficient (Wildman–Crippen LogP) is 8.91. The smallest absolute Gasteiger partial charge is 0.224 e. The van der Waals surface area contributed by atoms with Gasteiger partial charge in [0.2, 0.25) is 11.8 Å². The molecule has 3 aromatic rings. The lowest BCUT2D eigenvalue weighted by Crippen LogP contribution is -2.01. The van der Waals surface area contributed by atoms with Gasteiger partial charge < -0.3 is 9.47 Å². The second kappa shape index (κ2) is 15.3. The first-order chi connectivity index (χ1) is 17.2. The largest absolute Gasteiger partial charge is 0.492 e. The summed E-state index contributed by atoms with van der Waals surface area (Å²) in [6.07, 6.45) is 16.3. The highest BCUT2D eigenvalue weighted by Crippen LogP contribution is 2.27. The number of pyridine rings is 2. The fourth-order valence-corrected chi connectivity index (χ4v) is 4.18. The molecule has 0 spiro atoms. The van der Waals surface area contributed by atoms with Crippen molar-refractivity contribution in [2.45, 2.75) is 90.9 Å². The number of unbranched alkanes of at least 4 members (excludes halogenated alkanes) is 10. The fraction of sp³-hybridized carbons (Fsp3) is 0.533. The summed E-state index contributed by atoms with van der Waals surface area (Å²) in [5, 5.41) is 1.25. The van der Waals surface area contributed by atoms with Crippen molar-refractivity contribution < 1.29 is 13.9 Å². The number of hydrogen-bond donors (Lipinski definition) is 0. The Bertz CT molecular complexity index is 1010. The Hall–Kier alpha value is -2.69. The molecule has 0 unspecified atom stereocenters. The second-order valence-corrected chi connectivity index (χ2v) is 9.30. The molecule has 0 atom stereocenters. The third-order valence-electron chi connectivity index (χ3n) is 6.31. The first kappa shape index (κ1) is 26.9. The van der Waals surface area contributed by atoms with E-state index < -0.39 is 5.95 Å². The number of rotatable bonds is 17. The highest BCUT2D eigenvalue weighted by molar-refractivity contribution is 5.87. The van der Waals surface area contributed by atoms with Gasteiger partial charge in [0.1, 0.15) is 5.75 Å². The van der Waals surface area contributed by atoms with Crippen LogP contribution < -0.4 is 9.47 Å². The van der Waals surface area contributed by atoms with Crippen molar-refractivity contribution in [1.29, 1.82) is 0 Å². The summed E-state index contributed by atoms with van der Waals surface area (Å²) >= 11 is 0. The molecule has 0 radical (unpaired) electrons. The van der Waals surface area contributed by atoms with E-state index in [-0.39, 0.29) is 0 Å². The van der Waals surface area contributed by atoms with Crippen LogP contribution in [0.1, 0.15) is 90.9 Å². The second-order valence-electron chi connectivity index (χ2n) is 9.30. The van der Waals surface area contributed by atoms with Crippen molar-refractivity contribution in [3.8, 4) is 22.9 Å². The van der Waals surface area contributed by atoms with Crippen LogP contribution in [0.5, 0.6) is 11.6 Å². The molecular weight excluding hydrogens is 439 g/mol. The van der Waals surface area contributed by atoms with Crippen LogP contribution in [0.25, 0.3) is 22.0 Å². The van der Waals surface area contributed by atoms with E-state index in [0.717, 1.165) is 41.7 Å². The topological polar surface area (TPSA) is 44.2 Å². The van der Waals surface area contributed by atoms with E-state index in [2.05, 4.69) is 23.8 Å². The third-order valence-corrected chi connectivity index (χ3v) is 6.31. The summed E-state index contributed by atoms with van der Waals surface area (Å²) < 4.78 is 26.3. The van der Waals surface area contributed by atoms with Gasteiger partial charge in [0.15, 0.2) is 0 Å². The van der Waals surface area contributed by atoms with Crippen molar-refractivity contribution >= 4 is 10.8 Å². The number of hydrogen-bond acceptors (Lipinski definition) is 4. The summed E-state index contributed by atoms with van der Waals surface area (Å²) in [6.45, 7) is 5.73. The van der Waals surface area contributed by atoms with Crippen LogP contribution in [-0.2, 0) is 0 Å². The van der Waals surface area contributed by atoms with Crippen molar-refractivity contribution in [3.05, 3.63) is 48.5 Å². The summed E-state index contributed by atoms with van der Waals surface area (Å²) in [7, 11) is 0. The molecule has 0 aliphatic rings. The van der Waals surface area contributed by atoms with Crippen molar-refractivity contribution in [1.82, 2.24) is 9.97 Å². The van der Waals surface area contributed by atoms with E-state index in [1.165, 1.54) is 57.8 Å². The van der Waals surface area contributed by atoms with Crippen molar-refractivity contribution in [2.75, 3.05) is 13.2 Å². The van der Waals surface area contributed by atoms with Gasteiger partial charge in [-0.3, -0.25) is 4.98 Å². The van der Waals surface area contributed by atoms with Crippen LogP contribution >= 0.6 is 0 Å². The van der Waals surface area contributed by atoms with Crippen molar-refractivity contribution in [3.63, 3.8) is 0 Å². The number of aromatic nitrogens is 2. The van der Waals surface area contributed by atoms with E-state index in [1.54, 1.807) is 12.3 Å². The standard InChI is InChI=1S/C30H41FN2O2/c1-3-5-7-9-11-13-19-34-26-17-18-28(32-23-26)25-16-15-24-22-29(33-30(31)27(24)21-25)35-20-14-12-10-8-6-4-2/h15-18,21-23H,3-14,19-20H2,1-2H3. The average molecular weight is 481 g/mol. The molecule has 4 nitrogen and oxygen atoms in total. The van der Waals surface area contributed by atoms with Gasteiger partial charge in [-0.25, -0.2) is 0 Å². The molecule has 1 aromatic carbocycles. The van der Waals surface area contributed by atoms with Gasteiger partial charge in [0, 0.05) is 17.0 Å². The minimum Gasteiger partial charge on any atom is -0.492 e. The average Bonchev–Trinajstić information content (AvgIpc) is 2.88. The molecule has 3 rings (SSSR count). The van der Waals surface area contributed by atoms with Crippen molar-refractivity contribution in [2.24, 2.45) is 0 Å².